The Hall–Kier alpha value is -2.64. The maximum Gasteiger partial charge on any atom is 0.287 e. The quantitative estimate of drug-likeness (QED) is 0.865. The minimum absolute atomic E-state index is 0.222. The van der Waals surface area contributed by atoms with Crippen molar-refractivity contribution in [1.29, 1.82) is 0 Å². The number of rotatable bonds is 4. The first-order chi connectivity index (χ1) is 12.6. The van der Waals surface area contributed by atoms with Crippen molar-refractivity contribution in [2.45, 2.75) is 52.2 Å². The van der Waals surface area contributed by atoms with Crippen LogP contribution in [0.3, 0.4) is 0 Å². The second-order valence-electron chi connectivity index (χ2n) is 7.19. The Balaban J connectivity index is 1.39. The van der Waals surface area contributed by atoms with Crippen LogP contribution in [0.5, 0.6) is 0 Å². The van der Waals surface area contributed by atoms with Gasteiger partial charge in [0.15, 0.2) is 5.82 Å². The van der Waals surface area contributed by atoms with Gasteiger partial charge in [-0.05, 0) is 32.3 Å². The summed E-state index contributed by atoms with van der Waals surface area (Å²) in [6.45, 7) is 4.40. The van der Waals surface area contributed by atoms with Gasteiger partial charge in [-0.25, -0.2) is 4.98 Å². The monoisotopic (exact) mass is 356 g/mol. The van der Waals surface area contributed by atoms with Crippen LogP contribution in [0.2, 0.25) is 0 Å². The van der Waals surface area contributed by atoms with Gasteiger partial charge in [0.1, 0.15) is 0 Å². The molecular weight excluding hydrogens is 332 g/mol. The number of nitrogens with zero attached hydrogens (tertiary/aromatic N) is 4. The maximum absolute atomic E-state index is 12.6. The second-order valence-corrected chi connectivity index (χ2v) is 7.19. The van der Waals surface area contributed by atoms with E-state index in [-0.39, 0.29) is 17.7 Å². The summed E-state index contributed by atoms with van der Waals surface area (Å²) in [5.41, 5.74) is 2.68. The minimum Gasteiger partial charge on any atom is -0.344 e. The Labute approximate surface area is 152 Å². The molecule has 0 unspecified atom stereocenters. The first-order valence-corrected chi connectivity index (χ1v) is 9.24. The third-order valence-electron chi connectivity index (χ3n) is 5.18. The van der Waals surface area contributed by atoms with Crippen molar-refractivity contribution < 1.29 is 9.59 Å². The van der Waals surface area contributed by atoms with Gasteiger partial charge in [-0.15, -0.1) is 0 Å². The summed E-state index contributed by atoms with van der Waals surface area (Å²) in [5.74, 6) is 0.567. The summed E-state index contributed by atoms with van der Waals surface area (Å²) < 4.78 is 1.96. The molecular formula is C18H24N6O2. The van der Waals surface area contributed by atoms with Crippen molar-refractivity contribution in [3.63, 3.8) is 0 Å². The van der Waals surface area contributed by atoms with E-state index in [1.165, 1.54) is 6.42 Å². The molecule has 0 atom stereocenters. The standard InChI is InChI=1S/C18H24N6O2/c1-12-9-19-16(21-12)17(25)20-10-14-8-15-11-23(6-3-7-24(15)22-14)18(26)13-4-2-5-13/h8-9,13H,2-7,10-11H2,1H3,(H,19,21)(H,20,25). The number of hydrogen-bond acceptors (Lipinski definition) is 4. The average Bonchev–Trinajstić information content (AvgIpc) is 3.11. The summed E-state index contributed by atoms with van der Waals surface area (Å²) in [6.07, 6.45) is 5.75. The van der Waals surface area contributed by atoms with Crippen LogP contribution in [0.1, 0.15) is 53.4 Å². The smallest absolute Gasteiger partial charge is 0.287 e. The van der Waals surface area contributed by atoms with Crippen molar-refractivity contribution in [3.8, 4) is 0 Å². The Morgan fingerprint density at radius 1 is 1.31 bits per heavy atom. The number of imidazole rings is 1. The zero-order chi connectivity index (χ0) is 18.1. The van der Waals surface area contributed by atoms with Crippen LogP contribution in [-0.4, -0.2) is 43.0 Å². The number of nitrogens with one attached hydrogen (secondary N) is 2. The van der Waals surface area contributed by atoms with Gasteiger partial charge in [-0.2, -0.15) is 5.10 Å². The van der Waals surface area contributed by atoms with Crippen molar-refractivity contribution in [1.82, 2.24) is 30.0 Å². The van der Waals surface area contributed by atoms with E-state index in [0.717, 1.165) is 49.4 Å². The zero-order valence-electron chi connectivity index (χ0n) is 15.0. The van der Waals surface area contributed by atoms with E-state index in [2.05, 4.69) is 20.4 Å². The summed E-state index contributed by atoms with van der Waals surface area (Å²) >= 11 is 0. The van der Waals surface area contributed by atoms with Gasteiger partial charge in [-0.3, -0.25) is 14.3 Å². The number of aromatic amines is 1. The fraction of sp³-hybridized carbons (Fsp3) is 0.556. The first kappa shape index (κ1) is 16.8. The molecule has 2 aromatic rings. The lowest BCUT2D eigenvalue weighted by Crippen LogP contribution is -2.38. The normalized spacial score (nSPS) is 17.3. The topological polar surface area (TPSA) is 95.9 Å². The van der Waals surface area contributed by atoms with Crippen molar-refractivity contribution in [2.75, 3.05) is 6.54 Å². The molecule has 0 spiro atoms. The fourth-order valence-electron chi connectivity index (χ4n) is 3.49. The van der Waals surface area contributed by atoms with E-state index < -0.39 is 0 Å². The predicted octanol–water partition coefficient (Wildman–Crippen LogP) is 1.38. The molecule has 3 heterocycles. The van der Waals surface area contributed by atoms with Gasteiger partial charge in [-0.1, -0.05) is 6.42 Å². The molecule has 0 bridgehead atoms. The molecule has 2 aromatic heterocycles. The number of aromatic nitrogens is 4. The molecule has 8 nitrogen and oxygen atoms in total. The highest BCUT2D eigenvalue weighted by Crippen LogP contribution is 2.29. The highest BCUT2D eigenvalue weighted by Gasteiger charge is 2.30. The number of hydrogen-bond donors (Lipinski definition) is 2. The van der Waals surface area contributed by atoms with Crippen LogP contribution in [-0.2, 0) is 24.4 Å². The highest BCUT2D eigenvalue weighted by molar-refractivity contribution is 5.90. The van der Waals surface area contributed by atoms with Crippen molar-refractivity contribution >= 4 is 11.8 Å². The largest absolute Gasteiger partial charge is 0.344 e. The van der Waals surface area contributed by atoms with Gasteiger partial charge >= 0.3 is 0 Å². The third kappa shape index (κ3) is 3.36. The average molecular weight is 356 g/mol. The van der Waals surface area contributed by atoms with Crippen LogP contribution in [0.15, 0.2) is 12.3 Å². The number of carbonyl (C=O) groups excluding carboxylic acids is 2. The lowest BCUT2D eigenvalue weighted by Gasteiger charge is -2.30. The lowest BCUT2D eigenvalue weighted by atomic mass is 9.84. The fourth-order valence-corrected chi connectivity index (χ4v) is 3.49. The number of carbonyl (C=O) groups is 2. The van der Waals surface area contributed by atoms with Gasteiger partial charge in [0.25, 0.3) is 5.91 Å². The van der Waals surface area contributed by atoms with Gasteiger partial charge in [0, 0.05) is 30.9 Å². The predicted molar refractivity (Wildman–Crippen MR) is 94.1 cm³/mol. The van der Waals surface area contributed by atoms with Crippen LogP contribution >= 0.6 is 0 Å². The molecule has 1 fully saturated rings. The van der Waals surface area contributed by atoms with Crippen LogP contribution < -0.4 is 5.32 Å². The van der Waals surface area contributed by atoms with Crippen LogP contribution in [0.25, 0.3) is 0 Å². The Morgan fingerprint density at radius 3 is 2.85 bits per heavy atom. The molecule has 1 aliphatic carbocycles. The van der Waals surface area contributed by atoms with E-state index >= 15 is 0 Å². The molecule has 0 saturated heterocycles. The number of fused-ring (bicyclic) bond motifs is 1. The van der Waals surface area contributed by atoms with Crippen LogP contribution in [0.4, 0.5) is 0 Å². The van der Waals surface area contributed by atoms with Crippen molar-refractivity contribution in [2.24, 2.45) is 5.92 Å². The molecule has 0 radical (unpaired) electrons. The molecule has 0 aromatic carbocycles. The third-order valence-corrected chi connectivity index (χ3v) is 5.18. The number of aryl methyl sites for hydroxylation is 2. The molecule has 4 rings (SSSR count). The molecule has 2 amide bonds. The molecule has 138 valence electrons. The van der Waals surface area contributed by atoms with E-state index in [1.54, 1.807) is 6.20 Å². The van der Waals surface area contributed by atoms with Gasteiger partial charge < -0.3 is 15.2 Å². The highest BCUT2D eigenvalue weighted by atomic mass is 16.2. The number of H-pyrrole nitrogens is 1. The van der Waals surface area contributed by atoms with E-state index in [4.69, 9.17) is 0 Å². The first-order valence-electron chi connectivity index (χ1n) is 9.24. The van der Waals surface area contributed by atoms with Crippen LogP contribution in [0, 0.1) is 12.8 Å². The molecule has 2 N–H and O–H groups in total. The second kappa shape index (κ2) is 6.93. The minimum atomic E-state index is -0.247. The van der Waals surface area contributed by atoms with Gasteiger partial charge in [0.2, 0.25) is 5.91 Å². The summed E-state index contributed by atoms with van der Waals surface area (Å²) in [6, 6.07) is 1.99. The zero-order valence-corrected chi connectivity index (χ0v) is 15.0. The molecule has 8 heteroatoms. The SMILES string of the molecule is Cc1cnc(C(=O)NCc2cc3n(n2)CCCN(C(=O)C2CCC2)C3)[nH]1. The molecule has 1 aliphatic heterocycles. The number of amides is 2. The Morgan fingerprint density at radius 2 is 2.15 bits per heavy atom. The van der Waals surface area contributed by atoms with E-state index in [1.807, 2.05) is 22.6 Å². The Bertz CT molecular complexity index is 820. The van der Waals surface area contributed by atoms with E-state index in [0.29, 0.717) is 18.9 Å². The summed E-state index contributed by atoms with van der Waals surface area (Å²) in [7, 11) is 0. The van der Waals surface area contributed by atoms with Gasteiger partial charge in [0.05, 0.1) is 24.5 Å². The summed E-state index contributed by atoms with van der Waals surface area (Å²) in [4.78, 5) is 33.6. The molecule has 1 saturated carbocycles. The molecule has 2 aliphatic rings. The van der Waals surface area contributed by atoms with E-state index in [9.17, 15) is 9.59 Å². The molecule has 26 heavy (non-hydrogen) atoms. The van der Waals surface area contributed by atoms with Crippen molar-refractivity contribution in [3.05, 3.63) is 35.2 Å². The maximum atomic E-state index is 12.6. The lowest BCUT2D eigenvalue weighted by molar-refractivity contribution is -0.138. The Kier molecular flexibility index (Phi) is 4.48. The summed E-state index contributed by atoms with van der Waals surface area (Å²) in [5, 5.41) is 7.42.